The minimum atomic E-state index is -1.61. The predicted octanol–water partition coefficient (Wildman–Crippen LogP) is 4.36. The molecule has 0 amide bonds. The van der Waals surface area contributed by atoms with E-state index in [2.05, 4.69) is 23.6 Å². The van der Waals surface area contributed by atoms with Crippen molar-refractivity contribution in [3.05, 3.63) is 23.3 Å². The van der Waals surface area contributed by atoms with Crippen LogP contribution in [0.5, 0.6) is 0 Å². The van der Waals surface area contributed by atoms with Gasteiger partial charge >= 0.3 is 5.97 Å². The number of carbonyl (C=O) groups is 2. The first-order valence-electron chi connectivity index (χ1n) is 21.3. The number of hydrogen-bond donors (Lipinski definition) is 6. The van der Waals surface area contributed by atoms with Gasteiger partial charge in [-0.25, -0.2) is 4.79 Å². The molecule has 1 heterocycles. The molecule has 0 radical (unpaired) electrons. The molecule has 8 aliphatic carbocycles. The van der Waals surface area contributed by atoms with Gasteiger partial charge in [0.05, 0.1) is 22.7 Å². The van der Waals surface area contributed by atoms with E-state index in [9.17, 15) is 30.0 Å². The summed E-state index contributed by atoms with van der Waals surface area (Å²) in [6.45, 7) is 4.55. The lowest BCUT2D eigenvalue weighted by atomic mass is 9.35. The summed E-state index contributed by atoms with van der Waals surface area (Å²) in [7, 11) is 1.93. The van der Waals surface area contributed by atoms with Gasteiger partial charge in [-0.3, -0.25) is 0 Å². The zero-order chi connectivity index (χ0) is 36.3. The SMILES string of the molecule is CNCCNCC1=C[C@H]2C[C@@]3(O)[C@]4(CCCC[C@@]15OC(=O)C=C5[C@@H]24)CC[C@H]1[C@@]3(O)C[C@H]2C[C@H]([C@@H](C)C3CCCC3)CC[C@H]3[C@@H](O)CC[C@@]1(C=O)[C@]23O. The Balaban J connectivity index is 1.16. The number of ether oxygens (including phenoxy) is 1. The van der Waals surface area contributed by atoms with Crippen molar-refractivity contribution in [1.29, 1.82) is 0 Å². The normalized spacial score (nSPS) is 51.3. The molecule has 0 aromatic carbocycles. The minimum Gasteiger partial charge on any atom is -0.447 e. The molecule has 288 valence electrons. The molecular formula is C43H64N2O7. The molecule has 0 saturated heterocycles. The smallest absolute Gasteiger partial charge is 0.332 e. The van der Waals surface area contributed by atoms with Crippen molar-refractivity contribution < 1.29 is 34.8 Å². The maximum absolute atomic E-state index is 14.0. The van der Waals surface area contributed by atoms with E-state index in [0.717, 1.165) is 62.6 Å². The number of allylic oxidation sites excluding steroid dienone is 1. The Morgan fingerprint density at radius 1 is 0.942 bits per heavy atom. The van der Waals surface area contributed by atoms with Crippen LogP contribution in [0.15, 0.2) is 23.3 Å². The van der Waals surface area contributed by atoms with E-state index >= 15 is 0 Å². The minimum absolute atomic E-state index is 0.0842. The molecular weight excluding hydrogens is 656 g/mol. The van der Waals surface area contributed by atoms with Crippen molar-refractivity contribution in [2.45, 2.75) is 145 Å². The molecule has 0 unspecified atom stereocenters. The van der Waals surface area contributed by atoms with Gasteiger partial charge in [0.1, 0.15) is 11.9 Å². The molecule has 6 N–H and O–H groups in total. The fourth-order valence-electron chi connectivity index (χ4n) is 15.9. The average Bonchev–Trinajstić information content (AvgIpc) is 3.80. The highest BCUT2D eigenvalue weighted by Gasteiger charge is 2.83. The molecule has 9 rings (SSSR count). The third kappa shape index (κ3) is 4.44. The standard InChI is InChI=1S/C43H64N2O7/c1-26(27-7-3-4-8-27)28-9-10-32-34(47)11-15-39(25-46)35-12-16-38-13-5-6-14-40-31(24-45-18-17-44-2)20-29(37(38)33(40)21-36(48)52-40)22-42(38,50)41(35,49)23-30(19-28)43(32,39)51/h20-21,25-30,32,34-35,37,44-45,47,49-51H,3-19,22-24H2,1-2H3/t26-,28+,29-,30+,32-,34-,35+,37+,38+,39-,40+,41-,42+,43-/m0/s1. The first-order chi connectivity index (χ1) is 24.9. The Labute approximate surface area is 309 Å². The van der Waals surface area contributed by atoms with Gasteiger partial charge in [-0.1, -0.05) is 45.1 Å². The Hall–Kier alpha value is -1.62. The van der Waals surface area contributed by atoms with Crippen LogP contribution in [-0.4, -0.2) is 87.9 Å². The Morgan fingerprint density at radius 3 is 2.50 bits per heavy atom. The number of aliphatic hydroxyl groups is 4. The van der Waals surface area contributed by atoms with Crippen molar-refractivity contribution >= 4 is 12.3 Å². The van der Waals surface area contributed by atoms with Gasteiger partial charge in [-0.05, 0) is 131 Å². The summed E-state index contributed by atoms with van der Waals surface area (Å²) in [6.07, 6.45) is 17.3. The monoisotopic (exact) mass is 720 g/mol. The second kappa shape index (κ2) is 12.4. The van der Waals surface area contributed by atoms with Crippen LogP contribution in [-0.2, 0) is 14.3 Å². The molecule has 2 bridgehead atoms. The molecule has 0 aromatic rings. The third-order valence-corrected chi connectivity index (χ3v) is 18.1. The number of rotatable bonds is 8. The second-order valence-electron chi connectivity index (χ2n) is 19.5. The lowest BCUT2D eigenvalue weighted by molar-refractivity contribution is -0.344. The molecule has 1 aliphatic heterocycles. The molecule has 7 saturated carbocycles. The number of carbonyl (C=O) groups excluding carboxylic acids is 2. The average molecular weight is 721 g/mol. The number of aliphatic hydroxyl groups excluding tert-OH is 1. The van der Waals surface area contributed by atoms with Crippen LogP contribution in [0.1, 0.15) is 116 Å². The first-order valence-corrected chi connectivity index (χ1v) is 21.3. The van der Waals surface area contributed by atoms with Crippen molar-refractivity contribution in [2.75, 3.05) is 26.7 Å². The van der Waals surface area contributed by atoms with Crippen LogP contribution in [0.4, 0.5) is 0 Å². The maximum atomic E-state index is 14.0. The summed E-state index contributed by atoms with van der Waals surface area (Å²) >= 11 is 0. The van der Waals surface area contributed by atoms with E-state index in [1.165, 1.54) is 25.7 Å². The van der Waals surface area contributed by atoms with Gasteiger partial charge in [-0.2, -0.15) is 0 Å². The van der Waals surface area contributed by atoms with Gasteiger partial charge in [0.2, 0.25) is 0 Å². The Morgan fingerprint density at radius 2 is 1.73 bits per heavy atom. The first kappa shape index (κ1) is 36.0. The summed E-state index contributed by atoms with van der Waals surface area (Å²) < 4.78 is 6.36. The third-order valence-electron chi connectivity index (χ3n) is 18.1. The van der Waals surface area contributed by atoms with Crippen LogP contribution >= 0.6 is 0 Å². The second-order valence-corrected chi connectivity index (χ2v) is 19.5. The summed E-state index contributed by atoms with van der Waals surface area (Å²) in [5.41, 5.74) is -5.28. The van der Waals surface area contributed by atoms with Crippen LogP contribution in [0.3, 0.4) is 0 Å². The maximum Gasteiger partial charge on any atom is 0.332 e. The van der Waals surface area contributed by atoms with Crippen LogP contribution in [0.2, 0.25) is 0 Å². The Kier molecular flexibility index (Phi) is 8.62. The lowest BCUT2D eigenvalue weighted by Gasteiger charge is -2.72. The van der Waals surface area contributed by atoms with E-state index < -0.39 is 57.1 Å². The fourth-order valence-corrected chi connectivity index (χ4v) is 15.9. The topological polar surface area (TPSA) is 148 Å². The Bertz CT molecular complexity index is 1530. The number of hydrogen-bond acceptors (Lipinski definition) is 9. The van der Waals surface area contributed by atoms with Crippen molar-refractivity contribution in [3.63, 3.8) is 0 Å². The van der Waals surface area contributed by atoms with Crippen LogP contribution in [0, 0.1) is 58.2 Å². The van der Waals surface area contributed by atoms with Gasteiger partial charge in [0.25, 0.3) is 0 Å². The van der Waals surface area contributed by atoms with E-state index in [1.54, 1.807) is 6.08 Å². The molecule has 52 heavy (non-hydrogen) atoms. The largest absolute Gasteiger partial charge is 0.447 e. The summed E-state index contributed by atoms with van der Waals surface area (Å²) in [4.78, 5) is 27.3. The van der Waals surface area contributed by atoms with E-state index in [4.69, 9.17) is 4.74 Å². The number of likely N-dealkylation sites (N-methyl/N-ethyl adjacent to an activating group) is 1. The molecule has 9 nitrogen and oxygen atoms in total. The summed E-state index contributed by atoms with van der Waals surface area (Å²) in [5, 5.41) is 59.4. The molecule has 9 aliphatic rings. The quantitative estimate of drug-likeness (QED) is 0.0932. The zero-order valence-electron chi connectivity index (χ0n) is 31.6. The molecule has 7 fully saturated rings. The number of esters is 1. The molecule has 9 heteroatoms. The highest BCUT2D eigenvalue weighted by atomic mass is 16.6. The van der Waals surface area contributed by atoms with Crippen molar-refractivity contribution in [2.24, 2.45) is 58.2 Å². The van der Waals surface area contributed by atoms with E-state index in [1.807, 2.05) is 7.05 Å². The van der Waals surface area contributed by atoms with Gasteiger partial charge in [0, 0.05) is 43.0 Å². The zero-order valence-corrected chi connectivity index (χ0v) is 31.6. The highest BCUT2D eigenvalue weighted by molar-refractivity contribution is 5.88. The highest BCUT2D eigenvalue weighted by Crippen LogP contribution is 2.78. The summed E-state index contributed by atoms with van der Waals surface area (Å²) in [6, 6.07) is 0. The molecule has 0 aromatic heterocycles. The summed E-state index contributed by atoms with van der Waals surface area (Å²) in [5.74, 6) is -0.561. The fraction of sp³-hybridized carbons (Fsp3) is 0.860. The van der Waals surface area contributed by atoms with Crippen molar-refractivity contribution in [3.8, 4) is 0 Å². The van der Waals surface area contributed by atoms with Crippen LogP contribution < -0.4 is 10.6 Å². The van der Waals surface area contributed by atoms with Gasteiger partial charge < -0.3 is 40.6 Å². The van der Waals surface area contributed by atoms with E-state index in [0.29, 0.717) is 69.2 Å². The predicted molar refractivity (Wildman–Crippen MR) is 196 cm³/mol. The van der Waals surface area contributed by atoms with Gasteiger partial charge in [0.15, 0.2) is 5.60 Å². The van der Waals surface area contributed by atoms with Gasteiger partial charge in [-0.15, -0.1) is 0 Å². The number of nitrogens with one attached hydrogen (secondary N) is 2. The van der Waals surface area contributed by atoms with Crippen LogP contribution in [0.25, 0.3) is 0 Å². The number of fused-ring (bicyclic) bond motifs is 3. The molecule has 1 spiro atoms. The lowest BCUT2D eigenvalue weighted by Crippen LogP contribution is -2.80. The van der Waals surface area contributed by atoms with Crippen molar-refractivity contribution in [1.82, 2.24) is 10.6 Å². The molecule has 14 atom stereocenters. The van der Waals surface area contributed by atoms with E-state index in [-0.39, 0.29) is 24.2 Å². The number of aldehydes is 1.